The zero-order chi connectivity index (χ0) is 24.1. The lowest BCUT2D eigenvalue weighted by Crippen LogP contribution is -2.52. The van der Waals surface area contributed by atoms with Gasteiger partial charge in [-0.05, 0) is 17.2 Å². The summed E-state index contributed by atoms with van der Waals surface area (Å²) in [6, 6.07) is 12.6. The normalized spacial score (nSPS) is 14.6. The van der Waals surface area contributed by atoms with Gasteiger partial charge in [-0.1, -0.05) is 30.3 Å². The first-order valence-corrected chi connectivity index (χ1v) is 12.1. The first-order valence-electron chi connectivity index (χ1n) is 10.6. The predicted octanol–water partition coefficient (Wildman–Crippen LogP) is 2.06. The van der Waals surface area contributed by atoms with Gasteiger partial charge in [-0.3, -0.25) is 10.1 Å². The smallest absolute Gasteiger partial charge is 0.317 e. The minimum atomic E-state index is -3.88. The number of nitro groups is 1. The number of aromatic nitrogens is 2. The van der Waals surface area contributed by atoms with Crippen molar-refractivity contribution in [3.8, 4) is 0 Å². The van der Waals surface area contributed by atoms with Crippen molar-refractivity contribution in [3.05, 3.63) is 88.5 Å². The molecule has 1 aliphatic rings. The van der Waals surface area contributed by atoms with Crippen LogP contribution in [0, 0.1) is 10.1 Å². The molecule has 0 aliphatic carbocycles. The first-order chi connectivity index (χ1) is 16.3. The Morgan fingerprint density at radius 1 is 1.06 bits per heavy atom. The van der Waals surface area contributed by atoms with Gasteiger partial charge in [-0.2, -0.15) is 4.31 Å². The topological polar surface area (TPSA) is 131 Å². The number of carbonyl (C=O) groups excluding carboxylic acids is 1. The van der Waals surface area contributed by atoms with E-state index in [2.05, 4.69) is 10.3 Å². The maximum Gasteiger partial charge on any atom is 0.317 e. The second-order valence-electron chi connectivity index (χ2n) is 7.86. The van der Waals surface area contributed by atoms with Gasteiger partial charge in [0.05, 0.1) is 16.1 Å². The molecule has 1 saturated heterocycles. The van der Waals surface area contributed by atoms with E-state index >= 15 is 0 Å². The van der Waals surface area contributed by atoms with E-state index in [1.54, 1.807) is 17.4 Å². The molecule has 1 N–H and O–H groups in total. The molecule has 178 valence electrons. The van der Waals surface area contributed by atoms with Crippen LogP contribution in [0.2, 0.25) is 0 Å². The summed E-state index contributed by atoms with van der Waals surface area (Å²) < 4.78 is 28.9. The highest BCUT2D eigenvalue weighted by molar-refractivity contribution is 7.89. The summed E-state index contributed by atoms with van der Waals surface area (Å²) in [5.74, 6) is 0. The Morgan fingerprint density at radius 3 is 2.50 bits per heavy atom. The maximum absolute atomic E-state index is 12.9. The van der Waals surface area contributed by atoms with Crippen LogP contribution in [0.4, 0.5) is 10.5 Å². The van der Waals surface area contributed by atoms with E-state index in [0.29, 0.717) is 13.1 Å². The standard InChI is InChI=1S/C22H24N6O5S/c29-22(24-15-18-3-1-4-19(13-18)16-25-8-7-23-17-25)26-9-11-27(12-10-26)34(32,33)21-6-2-5-20(14-21)28(30)31/h1-8,13-14,17H,9-12,15-16H2,(H,24,29). The van der Waals surface area contributed by atoms with E-state index in [-0.39, 0.29) is 42.8 Å². The Morgan fingerprint density at radius 2 is 1.79 bits per heavy atom. The Hall–Kier alpha value is -3.77. The number of amides is 2. The fourth-order valence-electron chi connectivity index (χ4n) is 3.76. The number of benzene rings is 2. The van der Waals surface area contributed by atoms with E-state index in [4.69, 9.17) is 0 Å². The molecule has 2 amide bonds. The summed E-state index contributed by atoms with van der Waals surface area (Å²) >= 11 is 0. The summed E-state index contributed by atoms with van der Waals surface area (Å²) in [6.45, 7) is 1.70. The van der Waals surface area contributed by atoms with Crippen LogP contribution in [0.1, 0.15) is 11.1 Å². The number of hydrogen-bond acceptors (Lipinski definition) is 6. The number of nitrogens with zero attached hydrogens (tertiary/aromatic N) is 5. The number of hydrogen-bond donors (Lipinski definition) is 1. The van der Waals surface area contributed by atoms with Gasteiger partial charge in [0.25, 0.3) is 5.69 Å². The van der Waals surface area contributed by atoms with Gasteiger partial charge in [0.2, 0.25) is 10.0 Å². The third-order valence-electron chi connectivity index (χ3n) is 5.55. The van der Waals surface area contributed by atoms with Gasteiger partial charge >= 0.3 is 6.03 Å². The van der Waals surface area contributed by atoms with Gasteiger partial charge in [-0.15, -0.1) is 0 Å². The monoisotopic (exact) mass is 484 g/mol. The van der Waals surface area contributed by atoms with Crippen molar-refractivity contribution in [1.82, 2.24) is 24.1 Å². The number of carbonyl (C=O) groups is 1. The molecule has 12 heteroatoms. The third kappa shape index (κ3) is 5.41. The summed E-state index contributed by atoms with van der Waals surface area (Å²) in [4.78, 5) is 28.4. The van der Waals surface area contributed by atoms with Gasteiger partial charge < -0.3 is 14.8 Å². The Balaban J connectivity index is 1.31. The number of nitrogens with one attached hydrogen (secondary N) is 1. The maximum atomic E-state index is 12.9. The number of sulfonamides is 1. The molecular formula is C22H24N6O5S. The van der Waals surface area contributed by atoms with Crippen LogP contribution >= 0.6 is 0 Å². The van der Waals surface area contributed by atoms with Crippen LogP contribution in [0.15, 0.2) is 72.1 Å². The Bertz CT molecular complexity index is 1270. The molecule has 0 radical (unpaired) electrons. The zero-order valence-electron chi connectivity index (χ0n) is 18.3. The molecule has 1 aromatic heterocycles. The third-order valence-corrected chi connectivity index (χ3v) is 7.45. The van der Waals surface area contributed by atoms with Crippen LogP contribution in [0.25, 0.3) is 0 Å². The molecule has 1 aliphatic heterocycles. The average Bonchev–Trinajstić information content (AvgIpc) is 3.36. The summed E-state index contributed by atoms with van der Waals surface area (Å²) in [5.41, 5.74) is 1.76. The molecule has 0 atom stereocenters. The van der Waals surface area contributed by atoms with E-state index in [9.17, 15) is 23.3 Å². The van der Waals surface area contributed by atoms with Crippen LogP contribution in [0.5, 0.6) is 0 Å². The summed E-state index contributed by atoms with van der Waals surface area (Å²) in [7, 11) is -3.88. The van der Waals surface area contributed by atoms with Gasteiger partial charge in [0.15, 0.2) is 0 Å². The quantitative estimate of drug-likeness (QED) is 0.403. The fourth-order valence-corrected chi connectivity index (χ4v) is 5.22. The molecule has 11 nitrogen and oxygen atoms in total. The van der Waals surface area contributed by atoms with Gasteiger partial charge in [0.1, 0.15) is 0 Å². The average molecular weight is 485 g/mol. The SMILES string of the molecule is O=C(NCc1cccc(Cn2ccnc2)c1)N1CCN(S(=O)(=O)c2cccc([N+](=O)[O-])c2)CC1. The van der Waals surface area contributed by atoms with Crippen LogP contribution < -0.4 is 5.32 Å². The van der Waals surface area contributed by atoms with Crippen LogP contribution in [-0.4, -0.2) is 64.3 Å². The Labute approximate surface area is 196 Å². The number of non-ortho nitro benzene ring substituents is 1. The Kier molecular flexibility index (Phi) is 6.89. The van der Waals surface area contributed by atoms with Crippen molar-refractivity contribution in [2.45, 2.75) is 18.0 Å². The molecule has 2 aromatic carbocycles. The number of nitro benzene ring substituents is 1. The van der Waals surface area contributed by atoms with Crippen molar-refractivity contribution in [2.75, 3.05) is 26.2 Å². The molecule has 0 unspecified atom stereocenters. The first kappa shape index (κ1) is 23.4. The van der Waals surface area contributed by atoms with Crippen LogP contribution in [0.3, 0.4) is 0 Å². The second-order valence-corrected chi connectivity index (χ2v) is 9.80. The molecule has 0 spiro atoms. The van der Waals surface area contributed by atoms with Crippen molar-refractivity contribution in [1.29, 1.82) is 0 Å². The minimum Gasteiger partial charge on any atom is -0.334 e. The van der Waals surface area contributed by atoms with E-state index in [0.717, 1.165) is 17.2 Å². The van der Waals surface area contributed by atoms with Gasteiger partial charge in [-0.25, -0.2) is 18.2 Å². The molecule has 1 fully saturated rings. The van der Waals surface area contributed by atoms with E-state index < -0.39 is 14.9 Å². The number of piperazine rings is 1. The predicted molar refractivity (Wildman–Crippen MR) is 123 cm³/mol. The van der Waals surface area contributed by atoms with E-state index in [1.807, 2.05) is 35.0 Å². The highest BCUT2D eigenvalue weighted by atomic mass is 32.2. The molecule has 0 bridgehead atoms. The van der Waals surface area contributed by atoms with E-state index in [1.165, 1.54) is 22.5 Å². The molecule has 2 heterocycles. The second kappa shape index (κ2) is 10.0. The van der Waals surface area contributed by atoms with Crippen molar-refractivity contribution >= 4 is 21.7 Å². The lowest BCUT2D eigenvalue weighted by Gasteiger charge is -2.34. The van der Waals surface area contributed by atoms with Crippen LogP contribution in [-0.2, 0) is 23.1 Å². The van der Waals surface area contributed by atoms with Crippen molar-refractivity contribution in [3.63, 3.8) is 0 Å². The molecule has 4 rings (SSSR count). The molecule has 34 heavy (non-hydrogen) atoms. The molecular weight excluding hydrogens is 460 g/mol. The lowest BCUT2D eigenvalue weighted by atomic mass is 10.1. The van der Waals surface area contributed by atoms with Crippen molar-refractivity contribution < 1.29 is 18.1 Å². The minimum absolute atomic E-state index is 0.110. The lowest BCUT2D eigenvalue weighted by molar-refractivity contribution is -0.385. The number of urea groups is 1. The molecule has 0 saturated carbocycles. The summed E-state index contributed by atoms with van der Waals surface area (Å²) in [5, 5.41) is 13.9. The van der Waals surface area contributed by atoms with Crippen molar-refractivity contribution in [2.24, 2.45) is 0 Å². The molecule has 3 aromatic rings. The fraction of sp³-hybridized carbons (Fsp3) is 0.273. The van der Waals surface area contributed by atoms with Gasteiger partial charge in [0, 0.05) is 63.8 Å². The largest absolute Gasteiger partial charge is 0.334 e. The highest BCUT2D eigenvalue weighted by Crippen LogP contribution is 2.22. The highest BCUT2D eigenvalue weighted by Gasteiger charge is 2.30. The summed E-state index contributed by atoms with van der Waals surface area (Å²) in [6.07, 6.45) is 5.35. The number of rotatable bonds is 7. The zero-order valence-corrected chi connectivity index (χ0v) is 19.1. The number of imidazole rings is 1.